The lowest BCUT2D eigenvalue weighted by molar-refractivity contribution is 0.414. The number of benzene rings is 1. The van der Waals surface area contributed by atoms with Crippen molar-refractivity contribution in [1.82, 2.24) is 5.32 Å². The van der Waals surface area contributed by atoms with Gasteiger partial charge in [0.2, 0.25) is 0 Å². The van der Waals surface area contributed by atoms with E-state index < -0.39 is 0 Å². The minimum Gasteiger partial charge on any atom is -0.497 e. The van der Waals surface area contributed by atoms with Crippen LogP contribution in [0.15, 0.2) is 44.2 Å². The van der Waals surface area contributed by atoms with Crippen molar-refractivity contribution in [2.45, 2.75) is 12.6 Å². The summed E-state index contributed by atoms with van der Waals surface area (Å²) in [5, 5.41) is 2.96. The number of hydrogen-bond donors (Lipinski definition) is 1. The molecule has 0 saturated heterocycles. The average molecular weight is 255 g/mol. The molecule has 1 aromatic rings. The first-order valence-electron chi connectivity index (χ1n) is 5.92. The minimum absolute atomic E-state index is 0.185. The third kappa shape index (κ3) is 2.37. The number of aliphatic imine (C=N–C) groups is 4. The van der Waals surface area contributed by atoms with Crippen LogP contribution in [0.25, 0.3) is 0 Å². The van der Waals surface area contributed by atoms with Crippen LogP contribution >= 0.6 is 0 Å². The van der Waals surface area contributed by atoms with Crippen LogP contribution in [-0.2, 0) is 6.54 Å². The van der Waals surface area contributed by atoms with Crippen LogP contribution in [-0.4, -0.2) is 37.5 Å². The Morgan fingerprint density at radius 1 is 1.42 bits per heavy atom. The lowest BCUT2D eigenvalue weighted by Crippen LogP contribution is -2.40. The minimum atomic E-state index is -0.185. The van der Waals surface area contributed by atoms with Crippen LogP contribution in [0, 0.1) is 0 Å². The lowest BCUT2D eigenvalue weighted by atomic mass is 10.2. The Bertz CT molecular complexity index is 603. The summed E-state index contributed by atoms with van der Waals surface area (Å²) in [6.45, 7) is 0.545. The van der Waals surface area contributed by atoms with Crippen molar-refractivity contribution in [3.05, 3.63) is 29.8 Å². The summed E-state index contributed by atoms with van der Waals surface area (Å²) < 4.78 is 5.19. The van der Waals surface area contributed by atoms with E-state index in [1.807, 2.05) is 24.3 Å². The number of ether oxygens (including phenoxy) is 1. The molecule has 0 bridgehead atoms. The highest BCUT2D eigenvalue weighted by Gasteiger charge is 2.26. The standard InChI is InChI=1S/C13H13N5O/c1-19-10-4-2-3-9(5-10)6-14-12-11-13(16-7-15-11)18-8-17-12/h2-5,7-8,11H,6H2,1H3,(H,14,15,16,17,18). The smallest absolute Gasteiger partial charge is 0.168 e. The SMILES string of the molecule is COc1cccc(CN=C2N=CNC3=NC=NC23)c1. The molecule has 1 unspecified atom stereocenters. The fourth-order valence-electron chi connectivity index (χ4n) is 1.91. The van der Waals surface area contributed by atoms with Gasteiger partial charge in [0.15, 0.2) is 11.9 Å². The molecule has 3 rings (SSSR count). The molecule has 1 aromatic carbocycles. The summed E-state index contributed by atoms with van der Waals surface area (Å²) >= 11 is 0. The molecule has 96 valence electrons. The van der Waals surface area contributed by atoms with E-state index in [1.165, 1.54) is 6.34 Å². The fraction of sp³-hybridized carbons (Fsp3) is 0.231. The van der Waals surface area contributed by atoms with Gasteiger partial charge in [-0.25, -0.2) is 9.98 Å². The first kappa shape index (κ1) is 11.6. The van der Waals surface area contributed by atoms with E-state index in [0.717, 1.165) is 17.1 Å². The van der Waals surface area contributed by atoms with Gasteiger partial charge in [-0.2, -0.15) is 0 Å². The molecule has 0 aromatic heterocycles. The molecule has 6 heteroatoms. The molecule has 0 aliphatic carbocycles. The number of nitrogens with zero attached hydrogens (tertiary/aromatic N) is 4. The van der Waals surface area contributed by atoms with Gasteiger partial charge < -0.3 is 10.1 Å². The van der Waals surface area contributed by atoms with Crippen LogP contribution < -0.4 is 10.1 Å². The Balaban J connectivity index is 1.78. The Kier molecular flexibility index (Phi) is 3.06. The number of hydrogen-bond acceptors (Lipinski definition) is 5. The summed E-state index contributed by atoms with van der Waals surface area (Å²) in [6.07, 6.45) is 3.12. The molecule has 6 nitrogen and oxygen atoms in total. The van der Waals surface area contributed by atoms with E-state index in [2.05, 4.69) is 25.3 Å². The Morgan fingerprint density at radius 2 is 2.37 bits per heavy atom. The van der Waals surface area contributed by atoms with Crippen LogP contribution in [0.5, 0.6) is 5.75 Å². The summed E-state index contributed by atoms with van der Waals surface area (Å²) in [6, 6.07) is 7.63. The molecule has 2 aliphatic heterocycles. The van der Waals surface area contributed by atoms with Crippen LogP contribution in [0.3, 0.4) is 0 Å². The number of rotatable bonds is 3. The summed E-state index contributed by atoms with van der Waals surface area (Å²) in [5.41, 5.74) is 1.07. The second-order valence-electron chi connectivity index (χ2n) is 4.11. The van der Waals surface area contributed by atoms with Gasteiger partial charge in [-0.1, -0.05) is 12.1 Å². The monoisotopic (exact) mass is 255 g/mol. The largest absolute Gasteiger partial charge is 0.497 e. The molecule has 0 spiro atoms. The Hall–Kier alpha value is -2.50. The van der Waals surface area contributed by atoms with E-state index in [0.29, 0.717) is 12.4 Å². The molecule has 1 atom stereocenters. The molecule has 2 aliphatic rings. The zero-order valence-corrected chi connectivity index (χ0v) is 10.4. The molecule has 0 amide bonds. The Labute approximate surface area is 110 Å². The molecule has 0 saturated carbocycles. The number of fused-ring (bicyclic) bond motifs is 1. The van der Waals surface area contributed by atoms with E-state index in [-0.39, 0.29) is 6.04 Å². The molecule has 19 heavy (non-hydrogen) atoms. The first-order valence-corrected chi connectivity index (χ1v) is 5.92. The highest BCUT2D eigenvalue weighted by Crippen LogP contribution is 2.14. The van der Waals surface area contributed by atoms with Crippen molar-refractivity contribution < 1.29 is 4.74 Å². The van der Waals surface area contributed by atoms with Crippen molar-refractivity contribution in [1.29, 1.82) is 0 Å². The van der Waals surface area contributed by atoms with Crippen LogP contribution in [0.2, 0.25) is 0 Å². The van der Waals surface area contributed by atoms with Crippen molar-refractivity contribution in [2.24, 2.45) is 20.0 Å². The third-order valence-corrected chi connectivity index (χ3v) is 2.88. The van der Waals surface area contributed by atoms with Crippen molar-refractivity contribution in [3.8, 4) is 5.75 Å². The van der Waals surface area contributed by atoms with E-state index >= 15 is 0 Å². The zero-order valence-electron chi connectivity index (χ0n) is 10.4. The van der Waals surface area contributed by atoms with Gasteiger partial charge in [0, 0.05) is 0 Å². The summed E-state index contributed by atoms with van der Waals surface area (Å²) in [4.78, 5) is 17.1. The lowest BCUT2D eigenvalue weighted by Gasteiger charge is -2.14. The average Bonchev–Trinajstić information content (AvgIpc) is 2.94. The maximum Gasteiger partial charge on any atom is 0.168 e. The van der Waals surface area contributed by atoms with Gasteiger partial charge in [0.25, 0.3) is 0 Å². The highest BCUT2D eigenvalue weighted by atomic mass is 16.5. The normalized spacial score (nSPS) is 22.1. The summed E-state index contributed by atoms with van der Waals surface area (Å²) in [7, 11) is 1.65. The molecule has 0 radical (unpaired) electrons. The number of methoxy groups -OCH3 is 1. The second-order valence-corrected chi connectivity index (χ2v) is 4.11. The Morgan fingerprint density at radius 3 is 3.26 bits per heavy atom. The van der Waals surface area contributed by atoms with Gasteiger partial charge in [-0.05, 0) is 17.7 Å². The highest BCUT2D eigenvalue weighted by molar-refractivity contribution is 6.21. The first-order chi connectivity index (χ1) is 9.36. The molecule has 1 N–H and O–H groups in total. The van der Waals surface area contributed by atoms with Crippen LogP contribution in [0.4, 0.5) is 0 Å². The van der Waals surface area contributed by atoms with Gasteiger partial charge in [-0.15, -0.1) is 0 Å². The van der Waals surface area contributed by atoms with Gasteiger partial charge in [0.05, 0.1) is 20.0 Å². The predicted octanol–water partition coefficient (Wildman–Crippen LogP) is 1.03. The molecule has 2 heterocycles. The van der Waals surface area contributed by atoms with Crippen molar-refractivity contribution in [2.75, 3.05) is 7.11 Å². The molecule has 0 fully saturated rings. The number of amidine groups is 2. The molecular weight excluding hydrogens is 242 g/mol. The van der Waals surface area contributed by atoms with Crippen molar-refractivity contribution >= 4 is 24.3 Å². The predicted molar refractivity (Wildman–Crippen MR) is 75.5 cm³/mol. The van der Waals surface area contributed by atoms with E-state index in [1.54, 1.807) is 13.4 Å². The quantitative estimate of drug-likeness (QED) is 0.876. The van der Waals surface area contributed by atoms with E-state index in [4.69, 9.17) is 4.74 Å². The zero-order chi connectivity index (χ0) is 13.1. The third-order valence-electron chi connectivity index (χ3n) is 2.88. The maximum absolute atomic E-state index is 5.19. The fourth-order valence-corrected chi connectivity index (χ4v) is 1.91. The van der Waals surface area contributed by atoms with Gasteiger partial charge in [0.1, 0.15) is 17.9 Å². The second kappa shape index (κ2) is 5.01. The molecular formula is C13H13N5O. The van der Waals surface area contributed by atoms with Gasteiger partial charge in [-0.3, -0.25) is 9.98 Å². The van der Waals surface area contributed by atoms with E-state index in [9.17, 15) is 0 Å². The number of nitrogens with one attached hydrogen (secondary N) is 1. The van der Waals surface area contributed by atoms with Gasteiger partial charge >= 0.3 is 0 Å². The maximum atomic E-state index is 5.19. The topological polar surface area (TPSA) is 70.7 Å². The van der Waals surface area contributed by atoms with Crippen LogP contribution in [0.1, 0.15) is 5.56 Å². The van der Waals surface area contributed by atoms with Crippen molar-refractivity contribution in [3.63, 3.8) is 0 Å². The summed E-state index contributed by atoms with van der Waals surface area (Å²) in [5.74, 6) is 2.28.